The summed E-state index contributed by atoms with van der Waals surface area (Å²) >= 11 is 0. The fourth-order valence-electron chi connectivity index (χ4n) is 3.60. The summed E-state index contributed by atoms with van der Waals surface area (Å²) in [6, 6.07) is 4.25. The predicted molar refractivity (Wildman–Crippen MR) is 92.2 cm³/mol. The van der Waals surface area contributed by atoms with E-state index in [0.717, 1.165) is 31.4 Å². The molecule has 2 aliphatic carbocycles. The number of carboxylic acids is 1. The number of likely N-dealkylation sites (N-methyl/N-ethyl adjacent to an activating group) is 1. The smallest absolute Gasteiger partial charge is 0.318 e. The fraction of sp³-hybridized carbons (Fsp3) is 0.667. The third kappa shape index (κ3) is 4.15. The van der Waals surface area contributed by atoms with Gasteiger partial charge in [-0.2, -0.15) is 0 Å². The molecule has 7 heteroatoms. The average Bonchev–Trinajstić information content (AvgIpc) is 3.20. The third-order valence-corrected chi connectivity index (χ3v) is 5.25. The highest BCUT2D eigenvalue weighted by molar-refractivity contribution is 5.76. The van der Waals surface area contributed by atoms with E-state index in [4.69, 9.17) is 9.52 Å². The molecule has 1 atom stereocenters. The quantitative estimate of drug-likeness (QED) is 0.753. The number of nitrogens with one attached hydrogen (secondary N) is 1. The van der Waals surface area contributed by atoms with Gasteiger partial charge in [0.25, 0.3) is 0 Å². The molecule has 1 aromatic heterocycles. The average molecular weight is 349 g/mol. The normalized spacial score (nSPS) is 23.8. The molecule has 0 saturated heterocycles. The van der Waals surface area contributed by atoms with Crippen molar-refractivity contribution in [3.8, 4) is 0 Å². The van der Waals surface area contributed by atoms with Gasteiger partial charge in [0, 0.05) is 18.1 Å². The molecule has 2 saturated carbocycles. The van der Waals surface area contributed by atoms with E-state index in [-0.39, 0.29) is 36.7 Å². The summed E-state index contributed by atoms with van der Waals surface area (Å²) in [4.78, 5) is 27.5. The number of amides is 2. The lowest BCUT2D eigenvalue weighted by Gasteiger charge is -2.43. The van der Waals surface area contributed by atoms with Crippen LogP contribution in [0.3, 0.4) is 0 Å². The van der Waals surface area contributed by atoms with Crippen molar-refractivity contribution in [1.29, 1.82) is 0 Å². The topological polar surface area (TPSA) is 86.0 Å². The molecule has 0 bridgehead atoms. The minimum absolute atomic E-state index is 0.0452. The van der Waals surface area contributed by atoms with Gasteiger partial charge in [-0.3, -0.25) is 9.69 Å². The Balaban J connectivity index is 1.52. The molecule has 0 aliphatic heterocycles. The molecule has 2 fully saturated rings. The minimum atomic E-state index is -0.804. The standard InChI is InChI=1S/C18H27N3O4/c1-3-20(11-17(22)23)15-9-13(10-15)19-18(24)21(14-6-7-14)12(2)16-5-4-8-25-16/h4-5,8,12-15H,3,6-7,9-11H2,1-2H3,(H,19,24)(H,22,23). The first kappa shape index (κ1) is 17.8. The second kappa shape index (κ2) is 7.47. The molecule has 1 aromatic rings. The van der Waals surface area contributed by atoms with Crippen molar-refractivity contribution in [2.24, 2.45) is 0 Å². The van der Waals surface area contributed by atoms with Crippen LogP contribution >= 0.6 is 0 Å². The highest BCUT2D eigenvalue weighted by atomic mass is 16.4. The number of aliphatic carboxylic acids is 1. The Labute approximate surface area is 148 Å². The van der Waals surface area contributed by atoms with Crippen molar-refractivity contribution in [3.63, 3.8) is 0 Å². The van der Waals surface area contributed by atoms with E-state index in [1.807, 2.05) is 35.8 Å². The number of rotatable bonds is 8. The number of urea groups is 1. The maximum Gasteiger partial charge on any atom is 0.318 e. The van der Waals surface area contributed by atoms with E-state index in [0.29, 0.717) is 6.54 Å². The summed E-state index contributed by atoms with van der Waals surface area (Å²) in [5, 5.41) is 12.1. The van der Waals surface area contributed by atoms with E-state index in [2.05, 4.69) is 5.32 Å². The molecule has 2 N–H and O–H groups in total. The van der Waals surface area contributed by atoms with Gasteiger partial charge in [0.1, 0.15) is 5.76 Å². The highest BCUT2D eigenvalue weighted by Gasteiger charge is 2.40. The summed E-state index contributed by atoms with van der Waals surface area (Å²) < 4.78 is 5.47. The second-order valence-electron chi connectivity index (χ2n) is 7.06. The molecule has 1 unspecified atom stereocenters. The first-order chi connectivity index (χ1) is 12.0. The van der Waals surface area contributed by atoms with Crippen LogP contribution in [0.1, 0.15) is 51.3 Å². The molecule has 7 nitrogen and oxygen atoms in total. The van der Waals surface area contributed by atoms with Crippen LogP contribution in [0.5, 0.6) is 0 Å². The van der Waals surface area contributed by atoms with Gasteiger partial charge in [0.05, 0.1) is 18.8 Å². The van der Waals surface area contributed by atoms with Gasteiger partial charge >= 0.3 is 12.0 Å². The predicted octanol–water partition coefficient (Wildman–Crippen LogP) is 2.45. The van der Waals surface area contributed by atoms with E-state index >= 15 is 0 Å². The minimum Gasteiger partial charge on any atom is -0.480 e. The number of carboxylic acid groups (broad SMARTS) is 1. The van der Waals surface area contributed by atoms with E-state index in [1.54, 1.807) is 6.26 Å². The summed E-state index contributed by atoms with van der Waals surface area (Å²) in [5.41, 5.74) is 0. The van der Waals surface area contributed by atoms with Crippen molar-refractivity contribution in [2.75, 3.05) is 13.1 Å². The third-order valence-electron chi connectivity index (χ3n) is 5.25. The van der Waals surface area contributed by atoms with Crippen LogP contribution in [0, 0.1) is 0 Å². The van der Waals surface area contributed by atoms with Crippen molar-refractivity contribution in [3.05, 3.63) is 24.2 Å². The van der Waals surface area contributed by atoms with Crippen molar-refractivity contribution in [2.45, 2.75) is 63.7 Å². The molecule has 138 valence electrons. The van der Waals surface area contributed by atoms with E-state index < -0.39 is 5.97 Å². The Kier molecular flexibility index (Phi) is 5.32. The Morgan fingerprint density at radius 1 is 1.36 bits per heavy atom. The van der Waals surface area contributed by atoms with E-state index in [1.165, 1.54) is 0 Å². The molecule has 2 amide bonds. The van der Waals surface area contributed by atoms with Crippen LogP contribution in [0.4, 0.5) is 4.79 Å². The maximum absolute atomic E-state index is 12.8. The van der Waals surface area contributed by atoms with Crippen LogP contribution in [0.15, 0.2) is 22.8 Å². The molecule has 0 radical (unpaired) electrons. The van der Waals surface area contributed by atoms with E-state index in [9.17, 15) is 9.59 Å². The maximum atomic E-state index is 12.8. The summed E-state index contributed by atoms with van der Waals surface area (Å²) in [5.74, 6) is -0.00586. The molecule has 25 heavy (non-hydrogen) atoms. The van der Waals surface area contributed by atoms with Gasteiger partial charge in [0.2, 0.25) is 0 Å². The number of carbonyl (C=O) groups excluding carboxylic acids is 1. The Bertz CT molecular complexity index is 593. The lowest BCUT2D eigenvalue weighted by molar-refractivity contribution is -0.139. The van der Waals surface area contributed by atoms with Crippen LogP contribution in [-0.2, 0) is 4.79 Å². The summed E-state index contributed by atoms with van der Waals surface area (Å²) in [7, 11) is 0. The van der Waals surface area contributed by atoms with Crippen LogP contribution in [0.25, 0.3) is 0 Å². The Morgan fingerprint density at radius 2 is 2.08 bits per heavy atom. The monoisotopic (exact) mass is 349 g/mol. The number of nitrogens with zero attached hydrogens (tertiary/aromatic N) is 2. The molecular weight excluding hydrogens is 322 g/mol. The molecule has 2 aliphatic rings. The number of carbonyl (C=O) groups is 2. The lowest BCUT2D eigenvalue weighted by Crippen LogP contribution is -2.57. The van der Waals surface area contributed by atoms with Crippen molar-refractivity contribution in [1.82, 2.24) is 15.1 Å². The fourth-order valence-corrected chi connectivity index (χ4v) is 3.60. The van der Waals surface area contributed by atoms with Crippen LogP contribution in [-0.4, -0.2) is 58.1 Å². The number of hydrogen-bond donors (Lipinski definition) is 2. The Morgan fingerprint density at radius 3 is 2.60 bits per heavy atom. The van der Waals surface area contributed by atoms with Gasteiger partial charge in [-0.05, 0) is 51.3 Å². The largest absolute Gasteiger partial charge is 0.480 e. The zero-order valence-corrected chi connectivity index (χ0v) is 14.9. The molecular formula is C18H27N3O4. The zero-order valence-electron chi connectivity index (χ0n) is 14.9. The van der Waals surface area contributed by atoms with Gasteiger partial charge in [0.15, 0.2) is 0 Å². The molecule has 3 rings (SSSR count). The summed E-state index contributed by atoms with van der Waals surface area (Å²) in [6.45, 7) is 4.73. The first-order valence-corrected chi connectivity index (χ1v) is 9.07. The number of hydrogen-bond acceptors (Lipinski definition) is 4. The SMILES string of the molecule is CCN(CC(=O)O)C1CC(NC(=O)N(C2CC2)C(C)c2ccco2)C1. The van der Waals surface area contributed by atoms with Crippen LogP contribution < -0.4 is 5.32 Å². The van der Waals surface area contributed by atoms with Gasteiger partial charge < -0.3 is 19.7 Å². The Hall–Kier alpha value is -2.02. The zero-order chi connectivity index (χ0) is 18.0. The molecule has 0 aromatic carbocycles. The van der Waals surface area contributed by atoms with Gasteiger partial charge in [-0.25, -0.2) is 4.79 Å². The second-order valence-corrected chi connectivity index (χ2v) is 7.06. The highest BCUT2D eigenvalue weighted by Crippen LogP contribution is 2.35. The van der Waals surface area contributed by atoms with Gasteiger partial charge in [-0.1, -0.05) is 6.92 Å². The summed E-state index contributed by atoms with van der Waals surface area (Å²) in [6.07, 6.45) is 5.32. The first-order valence-electron chi connectivity index (χ1n) is 9.07. The van der Waals surface area contributed by atoms with Crippen LogP contribution in [0.2, 0.25) is 0 Å². The number of furan rings is 1. The van der Waals surface area contributed by atoms with Crippen molar-refractivity contribution >= 4 is 12.0 Å². The van der Waals surface area contributed by atoms with Gasteiger partial charge in [-0.15, -0.1) is 0 Å². The van der Waals surface area contributed by atoms with Crippen molar-refractivity contribution < 1.29 is 19.1 Å². The molecule has 0 spiro atoms. The lowest BCUT2D eigenvalue weighted by atomic mass is 9.85. The molecule has 1 heterocycles.